The summed E-state index contributed by atoms with van der Waals surface area (Å²) in [5, 5.41) is 8.45. The van der Waals surface area contributed by atoms with Crippen molar-refractivity contribution in [3.8, 4) is 5.88 Å². The van der Waals surface area contributed by atoms with Gasteiger partial charge in [0.1, 0.15) is 6.61 Å². The van der Waals surface area contributed by atoms with Gasteiger partial charge in [-0.15, -0.1) is 0 Å². The van der Waals surface area contributed by atoms with Crippen LogP contribution in [-0.4, -0.2) is 29.6 Å². The minimum Gasteiger partial charge on any atom is -0.475 e. The van der Waals surface area contributed by atoms with Crippen molar-refractivity contribution in [1.29, 1.82) is 0 Å². The average molecular weight is 167 g/mol. The van der Waals surface area contributed by atoms with E-state index in [1.54, 1.807) is 12.1 Å². The Labute approximate surface area is 69.8 Å². The van der Waals surface area contributed by atoms with Gasteiger partial charge in [-0.1, -0.05) is 0 Å². The lowest BCUT2D eigenvalue weighted by atomic mass is 10.3. The molecule has 0 aliphatic carbocycles. The second-order valence-corrected chi connectivity index (χ2v) is 2.09. The third-order valence-corrected chi connectivity index (χ3v) is 1.26. The summed E-state index contributed by atoms with van der Waals surface area (Å²) >= 11 is 0. The lowest BCUT2D eigenvalue weighted by Gasteiger charge is -2.03. The Morgan fingerprint density at radius 2 is 2.50 bits per heavy atom. The molecule has 0 saturated carbocycles. The molecule has 0 aromatic carbocycles. The highest BCUT2D eigenvalue weighted by Crippen LogP contribution is 2.10. The van der Waals surface area contributed by atoms with Crippen LogP contribution in [0.15, 0.2) is 18.3 Å². The number of aliphatic hydroxyl groups excluding tert-OH is 1. The van der Waals surface area contributed by atoms with E-state index in [0.717, 1.165) is 0 Å². The number of carbonyl (C=O) groups excluding carboxylic acids is 1. The Bertz CT molecular complexity index is 262. The number of aromatic nitrogens is 1. The fourth-order valence-electron chi connectivity index (χ4n) is 0.756. The number of pyridine rings is 1. The standard InChI is InChI=1S/C8H9NO3/c10-4-5-12-8-7(6-11)2-1-3-9-8/h1-3,6,10H,4-5H2. The second kappa shape index (κ2) is 4.46. The number of rotatable bonds is 4. The summed E-state index contributed by atoms with van der Waals surface area (Å²) in [6.45, 7) is 0.0622. The van der Waals surface area contributed by atoms with E-state index in [4.69, 9.17) is 9.84 Å². The molecule has 4 nitrogen and oxygen atoms in total. The maximum atomic E-state index is 10.4. The minimum absolute atomic E-state index is 0.0884. The van der Waals surface area contributed by atoms with Gasteiger partial charge < -0.3 is 9.84 Å². The van der Waals surface area contributed by atoms with Crippen molar-refractivity contribution in [3.63, 3.8) is 0 Å². The van der Waals surface area contributed by atoms with E-state index in [9.17, 15) is 4.79 Å². The molecule has 1 heterocycles. The summed E-state index contributed by atoms with van der Waals surface area (Å²) in [5.41, 5.74) is 0.394. The largest absolute Gasteiger partial charge is 0.475 e. The summed E-state index contributed by atoms with van der Waals surface area (Å²) in [5.74, 6) is 0.265. The lowest BCUT2D eigenvalue weighted by molar-refractivity contribution is 0.111. The number of hydrogen-bond acceptors (Lipinski definition) is 4. The van der Waals surface area contributed by atoms with Crippen molar-refractivity contribution in [3.05, 3.63) is 23.9 Å². The van der Waals surface area contributed by atoms with Crippen LogP contribution in [0.1, 0.15) is 10.4 Å². The maximum Gasteiger partial charge on any atom is 0.224 e. The number of aldehydes is 1. The van der Waals surface area contributed by atoms with E-state index in [-0.39, 0.29) is 19.1 Å². The molecule has 0 saturated heterocycles. The molecule has 0 spiro atoms. The van der Waals surface area contributed by atoms with Gasteiger partial charge >= 0.3 is 0 Å². The molecule has 0 amide bonds. The van der Waals surface area contributed by atoms with E-state index in [2.05, 4.69) is 4.98 Å². The molecule has 1 rings (SSSR count). The van der Waals surface area contributed by atoms with E-state index in [1.807, 2.05) is 0 Å². The maximum absolute atomic E-state index is 10.4. The number of hydrogen-bond donors (Lipinski definition) is 1. The van der Waals surface area contributed by atoms with Crippen LogP contribution in [0.5, 0.6) is 5.88 Å². The van der Waals surface area contributed by atoms with Gasteiger partial charge in [0.25, 0.3) is 0 Å². The number of carbonyl (C=O) groups is 1. The third kappa shape index (κ3) is 2.03. The first-order valence-electron chi connectivity index (χ1n) is 3.52. The second-order valence-electron chi connectivity index (χ2n) is 2.09. The Hall–Kier alpha value is -1.42. The molecule has 12 heavy (non-hydrogen) atoms. The van der Waals surface area contributed by atoms with Gasteiger partial charge in [0.15, 0.2) is 6.29 Å². The molecule has 0 aliphatic heterocycles. The smallest absolute Gasteiger partial charge is 0.224 e. The number of nitrogens with zero attached hydrogens (tertiary/aromatic N) is 1. The van der Waals surface area contributed by atoms with Crippen molar-refractivity contribution in [2.24, 2.45) is 0 Å². The van der Waals surface area contributed by atoms with E-state index < -0.39 is 0 Å². The van der Waals surface area contributed by atoms with E-state index in [0.29, 0.717) is 11.8 Å². The highest BCUT2D eigenvalue weighted by Gasteiger charge is 2.01. The Morgan fingerprint density at radius 1 is 1.67 bits per heavy atom. The van der Waals surface area contributed by atoms with Gasteiger partial charge in [0.2, 0.25) is 5.88 Å². The number of aliphatic hydroxyl groups is 1. The predicted octanol–water partition coefficient (Wildman–Crippen LogP) is 0.265. The van der Waals surface area contributed by atoms with E-state index >= 15 is 0 Å². The summed E-state index contributed by atoms with van der Waals surface area (Å²) in [7, 11) is 0. The third-order valence-electron chi connectivity index (χ3n) is 1.26. The zero-order chi connectivity index (χ0) is 8.81. The van der Waals surface area contributed by atoms with Crippen LogP contribution in [0.4, 0.5) is 0 Å². The molecule has 64 valence electrons. The SMILES string of the molecule is O=Cc1cccnc1OCCO. The monoisotopic (exact) mass is 167 g/mol. The first kappa shape index (κ1) is 8.67. The molecular formula is C8H9NO3. The van der Waals surface area contributed by atoms with Gasteiger partial charge in [0.05, 0.1) is 12.2 Å². The highest BCUT2D eigenvalue weighted by atomic mass is 16.5. The molecule has 0 atom stereocenters. The van der Waals surface area contributed by atoms with Crippen molar-refractivity contribution >= 4 is 6.29 Å². The molecule has 4 heteroatoms. The first-order valence-corrected chi connectivity index (χ1v) is 3.52. The topological polar surface area (TPSA) is 59.4 Å². The van der Waals surface area contributed by atoms with Gasteiger partial charge in [-0.25, -0.2) is 4.98 Å². The normalized spacial score (nSPS) is 9.42. The van der Waals surface area contributed by atoms with Crippen LogP contribution in [0, 0.1) is 0 Å². The lowest BCUT2D eigenvalue weighted by Crippen LogP contribution is -2.04. The van der Waals surface area contributed by atoms with Crippen molar-refractivity contribution in [2.45, 2.75) is 0 Å². The van der Waals surface area contributed by atoms with Crippen molar-refractivity contribution < 1.29 is 14.6 Å². The van der Waals surface area contributed by atoms with Crippen LogP contribution in [0.3, 0.4) is 0 Å². The zero-order valence-electron chi connectivity index (χ0n) is 6.43. The molecule has 0 fully saturated rings. The van der Waals surface area contributed by atoms with Gasteiger partial charge in [-0.05, 0) is 12.1 Å². The van der Waals surface area contributed by atoms with Crippen LogP contribution in [0.2, 0.25) is 0 Å². The van der Waals surface area contributed by atoms with Crippen molar-refractivity contribution in [1.82, 2.24) is 4.98 Å². The summed E-state index contributed by atoms with van der Waals surface area (Å²) in [6, 6.07) is 3.25. The Morgan fingerprint density at radius 3 is 3.17 bits per heavy atom. The van der Waals surface area contributed by atoms with Crippen LogP contribution in [0.25, 0.3) is 0 Å². The van der Waals surface area contributed by atoms with Crippen LogP contribution < -0.4 is 4.74 Å². The average Bonchev–Trinajstić information content (AvgIpc) is 2.15. The molecule has 1 N–H and O–H groups in total. The summed E-state index contributed by atoms with van der Waals surface area (Å²) in [6.07, 6.45) is 2.19. The highest BCUT2D eigenvalue weighted by molar-refractivity contribution is 5.77. The molecule has 0 aliphatic rings. The molecule has 0 radical (unpaired) electrons. The fraction of sp³-hybridized carbons (Fsp3) is 0.250. The molecule has 1 aromatic rings. The number of ether oxygens (including phenoxy) is 1. The first-order chi connectivity index (χ1) is 5.88. The molecular weight excluding hydrogens is 158 g/mol. The van der Waals surface area contributed by atoms with Crippen LogP contribution in [-0.2, 0) is 0 Å². The minimum atomic E-state index is -0.0884. The van der Waals surface area contributed by atoms with Gasteiger partial charge in [-0.3, -0.25) is 4.79 Å². The summed E-state index contributed by atoms with van der Waals surface area (Å²) in [4.78, 5) is 14.2. The molecule has 1 aromatic heterocycles. The zero-order valence-corrected chi connectivity index (χ0v) is 6.43. The quantitative estimate of drug-likeness (QED) is 0.654. The van der Waals surface area contributed by atoms with Gasteiger partial charge in [-0.2, -0.15) is 0 Å². The van der Waals surface area contributed by atoms with E-state index in [1.165, 1.54) is 6.20 Å². The van der Waals surface area contributed by atoms with Crippen LogP contribution >= 0.6 is 0 Å². The van der Waals surface area contributed by atoms with Gasteiger partial charge in [0, 0.05) is 6.20 Å². The van der Waals surface area contributed by atoms with Crippen molar-refractivity contribution in [2.75, 3.05) is 13.2 Å². The molecule has 0 unspecified atom stereocenters. The fourth-order valence-corrected chi connectivity index (χ4v) is 0.756. The Balaban J connectivity index is 2.75. The summed E-state index contributed by atoms with van der Waals surface area (Å²) < 4.78 is 4.98. The molecule has 0 bridgehead atoms. The predicted molar refractivity (Wildman–Crippen MR) is 42.2 cm³/mol. The Kier molecular flexibility index (Phi) is 3.22.